The van der Waals surface area contributed by atoms with Crippen molar-refractivity contribution >= 4 is 28.1 Å². The van der Waals surface area contributed by atoms with Gasteiger partial charge >= 0.3 is 5.97 Å². The number of carbonyl (C=O) groups is 1. The van der Waals surface area contributed by atoms with Gasteiger partial charge in [-0.25, -0.2) is 4.98 Å². The van der Waals surface area contributed by atoms with Crippen LogP contribution in [0.1, 0.15) is 56.2 Å². The number of nitrogens with zero attached hydrogens (tertiary/aromatic N) is 1. The number of nitrogens with one attached hydrogen (secondary N) is 1. The minimum absolute atomic E-state index is 0.105. The summed E-state index contributed by atoms with van der Waals surface area (Å²) in [5.41, 5.74) is 3.03. The third-order valence-electron chi connectivity index (χ3n) is 4.72. The molecule has 1 heterocycles. The summed E-state index contributed by atoms with van der Waals surface area (Å²) in [6, 6.07) is 8.18. The smallest absolute Gasteiger partial charge is 0.306 e. The fraction of sp³-hybridized carbons (Fsp3) is 0.500. The molecule has 25 heavy (non-hydrogen) atoms. The van der Waals surface area contributed by atoms with Crippen LogP contribution in [0.5, 0.6) is 0 Å². The first kappa shape index (κ1) is 17.9. The number of aryl methyl sites for hydroxylation is 1. The fourth-order valence-corrected chi connectivity index (χ4v) is 3.93. The molecule has 1 aliphatic rings. The quantitative estimate of drug-likeness (QED) is 0.655. The normalized spacial score (nSPS) is 15.1. The lowest BCUT2D eigenvalue weighted by Crippen LogP contribution is -2.11. The lowest BCUT2D eigenvalue weighted by atomic mass is 9.86. The highest BCUT2D eigenvalue weighted by atomic mass is 32.1. The van der Waals surface area contributed by atoms with Crippen LogP contribution < -0.4 is 5.32 Å². The van der Waals surface area contributed by atoms with E-state index >= 15 is 0 Å². The Morgan fingerprint density at radius 3 is 2.76 bits per heavy atom. The highest BCUT2D eigenvalue weighted by Crippen LogP contribution is 2.27. The number of aromatic nitrogens is 1. The SMILES string of the molecule is Cc1ccc(Nc2nc(COC(=O)CCC3CCCCC3)cs2)cc1. The van der Waals surface area contributed by atoms with E-state index in [9.17, 15) is 4.79 Å². The number of carbonyl (C=O) groups excluding carboxylic acids is 1. The molecule has 0 saturated heterocycles. The molecule has 2 aromatic rings. The van der Waals surface area contributed by atoms with Crippen molar-refractivity contribution in [2.24, 2.45) is 5.92 Å². The maximum Gasteiger partial charge on any atom is 0.306 e. The second kappa shape index (κ2) is 8.99. The molecule has 5 heteroatoms. The Bertz CT molecular complexity index is 675. The Kier molecular flexibility index (Phi) is 6.45. The first-order chi connectivity index (χ1) is 12.2. The van der Waals surface area contributed by atoms with Crippen molar-refractivity contribution in [3.63, 3.8) is 0 Å². The Morgan fingerprint density at radius 1 is 1.24 bits per heavy atom. The van der Waals surface area contributed by atoms with E-state index in [2.05, 4.69) is 29.4 Å². The number of ether oxygens (including phenoxy) is 1. The molecule has 0 amide bonds. The minimum Gasteiger partial charge on any atom is -0.459 e. The predicted molar refractivity (Wildman–Crippen MR) is 102 cm³/mol. The lowest BCUT2D eigenvalue weighted by molar-refractivity contribution is -0.145. The molecule has 1 aromatic heterocycles. The van der Waals surface area contributed by atoms with Crippen LogP contribution in [0.25, 0.3) is 0 Å². The van der Waals surface area contributed by atoms with E-state index in [0.29, 0.717) is 12.3 Å². The number of benzene rings is 1. The molecule has 0 atom stereocenters. The van der Waals surface area contributed by atoms with E-state index in [0.717, 1.165) is 22.9 Å². The Hall–Kier alpha value is -1.88. The standard InChI is InChI=1S/C20H26N2O2S/c1-15-7-10-17(11-8-15)21-20-22-18(14-25-20)13-24-19(23)12-9-16-5-3-2-4-6-16/h7-8,10-11,14,16H,2-6,9,12-13H2,1H3,(H,21,22). The van der Waals surface area contributed by atoms with Crippen molar-refractivity contribution in [1.82, 2.24) is 4.98 Å². The molecule has 0 radical (unpaired) electrons. The van der Waals surface area contributed by atoms with Crippen molar-refractivity contribution in [2.45, 2.75) is 58.5 Å². The average Bonchev–Trinajstić information content (AvgIpc) is 3.08. The monoisotopic (exact) mass is 358 g/mol. The van der Waals surface area contributed by atoms with E-state index in [1.807, 2.05) is 17.5 Å². The largest absolute Gasteiger partial charge is 0.459 e. The highest BCUT2D eigenvalue weighted by molar-refractivity contribution is 7.13. The zero-order valence-corrected chi connectivity index (χ0v) is 15.6. The van der Waals surface area contributed by atoms with Gasteiger partial charge in [0, 0.05) is 17.5 Å². The van der Waals surface area contributed by atoms with Crippen molar-refractivity contribution in [3.05, 3.63) is 40.9 Å². The number of thiazole rings is 1. The fourth-order valence-electron chi connectivity index (χ4n) is 3.22. The van der Waals surface area contributed by atoms with E-state index < -0.39 is 0 Å². The van der Waals surface area contributed by atoms with Crippen molar-refractivity contribution in [3.8, 4) is 0 Å². The van der Waals surface area contributed by atoms with Gasteiger partial charge in [-0.3, -0.25) is 4.79 Å². The number of hydrogen-bond acceptors (Lipinski definition) is 5. The van der Waals surface area contributed by atoms with Crippen LogP contribution in [0.4, 0.5) is 10.8 Å². The minimum atomic E-state index is -0.105. The van der Waals surface area contributed by atoms with Crippen LogP contribution in [0, 0.1) is 12.8 Å². The van der Waals surface area contributed by atoms with Crippen molar-refractivity contribution in [2.75, 3.05) is 5.32 Å². The zero-order chi connectivity index (χ0) is 17.5. The van der Waals surface area contributed by atoms with Crippen LogP contribution in [-0.4, -0.2) is 11.0 Å². The van der Waals surface area contributed by atoms with Crippen LogP contribution in [0.15, 0.2) is 29.6 Å². The second-order valence-corrected chi connectivity index (χ2v) is 7.70. The Balaban J connectivity index is 1.40. The van der Waals surface area contributed by atoms with Gasteiger partial charge in [0.25, 0.3) is 0 Å². The van der Waals surface area contributed by atoms with Gasteiger partial charge in [0.15, 0.2) is 5.13 Å². The van der Waals surface area contributed by atoms with Crippen LogP contribution in [0.2, 0.25) is 0 Å². The lowest BCUT2D eigenvalue weighted by Gasteiger charge is -2.20. The van der Waals surface area contributed by atoms with Crippen LogP contribution in [-0.2, 0) is 16.1 Å². The molecule has 0 unspecified atom stereocenters. The molecule has 0 bridgehead atoms. The maximum atomic E-state index is 11.9. The van der Waals surface area contributed by atoms with Crippen molar-refractivity contribution in [1.29, 1.82) is 0 Å². The zero-order valence-electron chi connectivity index (χ0n) is 14.8. The predicted octanol–water partition coefficient (Wildman–Crippen LogP) is 5.60. The first-order valence-corrected chi connectivity index (χ1v) is 10.0. The molecule has 134 valence electrons. The first-order valence-electron chi connectivity index (χ1n) is 9.13. The Morgan fingerprint density at radius 2 is 2.00 bits per heavy atom. The maximum absolute atomic E-state index is 11.9. The molecule has 1 saturated carbocycles. The molecule has 4 nitrogen and oxygen atoms in total. The molecule has 0 spiro atoms. The summed E-state index contributed by atoms with van der Waals surface area (Å²) in [5, 5.41) is 6.03. The summed E-state index contributed by atoms with van der Waals surface area (Å²) in [7, 11) is 0. The van der Waals surface area contributed by atoms with Gasteiger partial charge in [0.1, 0.15) is 6.61 Å². The topological polar surface area (TPSA) is 51.2 Å². The summed E-state index contributed by atoms with van der Waals surface area (Å²) in [6.45, 7) is 2.32. The summed E-state index contributed by atoms with van der Waals surface area (Å²) < 4.78 is 5.38. The van der Waals surface area contributed by atoms with Gasteiger partial charge in [-0.05, 0) is 31.4 Å². The summed E-state index contributed by atoms with van der Waals surface area (Å²) in [5.74, 6) is 0.609. The molecular weight excluding hydrogens is 332 g/mol. The Labute approximate surface area is 153 Å². The molecule has 3 rings (SSSR count). The van der Waals surface area contributed by atoms with Gasteiger partial charge < -0.3 is 10.1 Å². The summed E-state index contributed by atoms with van der Waals surface area (Å²) in [4.78, 5) is 16.4. The molecular formula is C20H26N2O2S. The van der Waals surface area contributed by atoms with E-state index in [1.54, 1.807) is 0 Å². The second-order valence-electron chi connectivity index (χ2n) is 6.84. The summed E-state index contributed by atoms with van der Waals surface area (Å²) >= 11 is 1.52. The van der Waals surface area contributed by atoms with Gasteiger partial charge in [-0.15, -0.1) is 11.3 Å². The van der Waals surface area contributed by atoms with E-state index in [-0.39, 0.29) is 12.6 Å². The number of anilines is 2. The molecule has 1 aromatic carbocycles. The number of hydrogen-bond donors (Lipinski definition) is 1. The average molecular weight is 359 g/mol. The van der Waals surface area contributed by atoms with Gasteiger partial charge in [0.05, 0.1) is 5.69 Å². The number of rotatable bonds is 7. The van der Waals surface area contributed by atoms with Gasteiger partial charge in [-0.2, -0.15) is 0 Å². The van der Waals surface area contributed by atoms with Gasteiger partial charge in [0.2, 0.25) is 0 Å². The van der Waals surface area contributed by atoms with Crippen molar-refractivity contribution < 1.29 is 9.53 Å². The van der Waals surface area contributed by atoms with Crippen LogP contribution >= 0.6 is 11.3 Å². The number of esters is 1. The third kappa shape index (κ3) is 5.85. The van der Waals surface area contributed by atoms with E-state index in [4.69, 9.17) is 4.74 Å². The molecule has 1 fully saturated rings. The highest BCUT2D eigenvalue weighted by Gasteiger charge is 2.15. The van der Waals surface area contributed by atoms with Gasteiger partial charge in [-0.1, -0.05) is 49.8 Å². The molecule has 0 aliphatic heterocycles. The third-order valence-corrected chi connectivity index (χ3v) is 5.52. The van der Waals surface area contributed by atoms with Crippen LogP contribution in [0.3, 0.4) is 0 Å². The van der Waals surface area contributed by atoms with E-state index in [1.165, 1.54) is 49.0 Å². The molecule has 1 aliphatic carbocycles. The summed E-state index contributed by atoms with van der Waals surface area (Å²) in [6.07, 6.45) is 8.02. The molecule has 1 N–H and O–H groups in total.